The number of nitrogen functional groups attached to an aromatic ring is 1. The molecule has 0 bridgehead atoms. The third kappa shape index (κ3) is 3.61. The summed E-state index contributed by atoms with van der Waals surface area (Å²) in [7, 11) is 0. The fourth-order valence-corrected chi connectivity index (χ4v) is 3.59. The molecule has 12 nitrogen and oxygen atoms in total. The van der Waals surface area contributed by atoms with E-state index in [-0.39, 0.29) is 24.2 Å². The Morgan fingerprint density at radius 2 is 1.90 bits per heavy atom. The normalized spacial score (nSPS) is 27.7. The predicted molar refractivity (Wildman–Crippen MR) is 99.2 cm³/mol. The summed E-state index contributed by atoms with van der Waals surface area (Å²) in [6.07, 6.45) is 0.109. The summed E-state index contributed by atoms with van der Waals surface area (Å²) in [5.41, 5.74) is 6.78. The van der Waals surface area contributed by atoms with Crippen LogP contribution in [0.4, 0.5) is 5.82 Å². The predicted octanol–water partition coefficient (Wildman–Crippen LogP) is -0.922. The zero-order chi connectivity index (χ0) is 20.8. The summed E-state index contributed by atoms with van der Waals surface area (Å²) in [4.78, 5) is 36.1. The molecular weight excluding hydrogens is 382 g/mol. The summed E-state index contributed by atoms with van der Waals surface area (Å²) >= 11 is 0. The van der Waals surface area contributed by atoms with Gasteiger partial charge in [0.15, 0.2) is 29.6 Å². The van der Waals surface area contributed by atoms with Crippen molar-refractivity contribution in [2.24, 2.45) is 0 Å². The Morgan fingerprint density at radius 1 is 1.17 bits per heavy atom. The Kier molecular flexibility index (Phi) is 4.84. The molecule has 0 unspecified atom stereocenters. The highest BCUT2D eigenvalue weighted by molar-refractivity contribution is 5.83. The maximum Gasteiger partial charge on any atom is 0.252 e. The number of nitrogens with zero attached hydrogens (tertiary/aromatic N) is 4. The van der Waals surface area contributed by atoms with Gasteiger partial charge in [-0.3, -0.25) is 14.2 Å². The van der Waals surface area contributed by atoms with Crippen molar-refractivity contribution in [1.82, 2.24) is 30.2 Å². The SMILES string of the molecule is CC(=O)NCCNC(=O)[C@H]1O[C@@H](n2cnc3c(N)ncnc32)[C@@H]2OC(C)(C)O[C@@H]21. The van der Waals surface area contributed by atoms with Gasteiger partial charge in [-0.2, -0.15) is 0 Å². The lowest BCUT2D eigenvalue weighted by Gasteiger charge is -2.24. The molecule has 2 aromatic heterocycles. The maximum absolute atomic E-state index is 12.7. The van der Waals surface area contributed by atoms with Crippen LogP contribution in [0.3, 0.4) is 0 Å². The Bertz CT molecular complexity index is 945. The van der Waals surface area contributed by atoms with Gasteiger partial charge in [-0.15, -0.1) is 0 Å². The number of amides is 2. The van der Waals surface area contributed by atoms with E-state index < -0.39 is 30.3 Å². The molecule has 2 aliphatic heterocycles. The molecule has 0 aliphatic carbocycles. The molecule has 2 saturated heterocycles. The van der Waals surface area contributed by atoms with Crippen LogP contribution in [0.1, 0.15) is 27.0 Å². The minimum atomic E-state index is -0.902. The average molecular weight is 405 g/mol. The monoisotopic (exact) mass is 405 g/mol. The van der Waals surface area contributed by atoms with Crippen LogP contribution < -0.4 is 16.4 Å². The van der Waals surface area contributed by atoms with E-state index in [4.69, 9.17) is 19.9 Å². The van der Waals surface area contributed by atoms with Gasteiger partial charge in [-0.1, -0.05) is 0 Å². The second-order valence-electron chi connectivity index (χ2n) is 7.37. The number of hydrogen-bond acceptors (Lipinski definition) is 9. The number of aromatic nitrogens is 4. The first-order valence-corrected chi connectivity index (χ1v) is 9.23. The van der Waals surface area contributed by atoms with Crippen LogP contribution in [0.5, 0.6) is 0 Å². The Labute approximate surface area is 166 Å². The van der Waals surface area contributed by atoms with E-state index >= 15 is 0 Å². The van der Waals surface area contributed by atoms with Crippen LogP contribution in [0.2, 0.25) is 0 Å². The third-order valence-electron chi connectivity index (χ3n) is 4.75. The van der Waals surface area contributed by atoms with Gasteiger partial charge in [-0.25, -0.2) is 15.0 Å². The summed E-state index contributed by atoms with van der Waals surface area (Å²) in [5, 5.41) is 5.37. The molecule has 0 spiro atoms. The van der Waals surface area contributed by atoms with Crippen LogP contribution in [0.15, 0.2) is 12.7 Å². The summed E-state index contributed by atoms with van der Waals surface area (Å²) in [6, 6.07) is 0. The highest BCUT2D eigenvalue weighted by atomic mass is 16.8. The summed E-state index contributed by atoms with van der Waals surface area (Å²) < 4.78 is 19.7. The fraction of sp³-hybridized carbons (Fsp3) is 0.588. The lowest BCUT2D eigenvalue weighted by atomic mass is 10.1. The molecule has 2 fully saturated rings. The standard InChI is InChI=1S/C17H23N7O5/c1-8(25)19-4-5-20-15(26)11-10-12(29-17(2,3)28-10)16(27-11)24-7-23-9-13(18)21-6-22-14(9)24/h6-7,10-12,16H,4-5H2,1-3H3,(H,19,25)(H,20,26)(H2,18,21,22)/t10-,11+,12-,16-/m1/s1. The van der Waals surface area contributed by atoms with Gasteiger partial charge in [0.25, 0.3) is 5.91 Å². The topological polar surface area (TPSA) is 156 Å². The zero-order valence-electron chi connectivity index (χ0n) is 16.3. The van der Waals surface area contributed by atoms with Gasteiger partial charge in [0, 0.05) is 20.0 Å². The van der Waals surface area contributed by atoms with Crippen LogP contribution >= 0.6 is 0 Å². The molecule has 4 heterocycles. The molecule has 2 amide bonds. The van der Waals surface area contributed by atoms with E-state index in [1.54, 1.807) is 18.4 Å². The van der Waals surface area contributed by atoms with Gasteiger partial charge in [0.2, 0.25) is 5.91 Å². The first-order valence-electron chi connectivity index (χ1n) is 9.23. The van der Waals surface area contributed by atoms with E-state index in [9.17, 15) is 9.59 Å². The molecule has 2 aliphatic rings. The van der Waals surface area contributed by atoms with Gasteiger partial charge >= 0.3 is 0 Å². The number of ether oxygens (including phenoxy) is 3. The van der Waals surface area contributed by atoms with Crippen molar-refractivity contribution in [2.75, 3.05) is 18.8 Å². The number of rotatable bonds is 5. The molecule has 2 aromatic rings. The van der Waals surface area contributed by atoms with E-state index in [0.717, 1.165) is 0 Å². The highest BCUT2D eigenvalue weighted by Crippen LogP contribution is 2.43. The first kappa shape index (κ1) is 19.5. The van der Waals surface area contributed by atoms with E-state index in [2.05, 4.69) is 25.6 Å². The molecule has 0 saturated carbocycles. The zero-order valence-corrected chi connectivity index (χ0v) is 16.3. The van der Waals surface area contributed by atoms with Crippen molar-refractivity contribution in [3.8, 4) is 0 Å². The van der Waals surface area contributed by atoms with Crippen molar-refractivity contribution in [1.29, 1.82) is 0 Å². The largest absolute Gasteiger partial charge is 0.382 e. The van der Waals surface area contributed by atoms with Gasteiger partial charge in [0.1, 0.15) is 24.1 Å². The van der Waals surface area contributed by atoms with E-state index in [1.165, 1.54) is 19.6 Å². The number of nitrogens with one attached hydrogen (secondary N) is 2. The molecule has 0 aromatic carbocycles. The Morgan fingerprint density at radius 3 is 2.66 bits per heavy atom. The number of carbonyl (C=O) groups is 2. The highest BCUT2D eigenvalue weighted by Gasteiger charge is 2.58. The van der Waals surface area contributed by atoms with Crippen LogP contribution in [0, 0.1) is 0 Å². The van der Waals surface area contributed by atoms with E-state index in [1.807, 2.05) is 0 Å². The van der Waals surface area contributed by atoms with Crippen molar-refractivity contribution in [3.05, 3.63) is 12.7 Å². The second-order valence-corrected chi connectivity index (χ2v) is 7.37. The smallest absolute Gasteiger partial charge is 0.252 e. The quantitative estimate of drug-likeness (QED) is 0.535. The number of nitrogens with two attached hydrogens (primary N) is 1. The van der Waals surface area contributed by atoms with Gasteiger partial charge in [-0.05, 0) is 13.8 Å². The number of anilines is 1. The number of fused-ring (bicyclic) bond motifs is 2. The molecule has 29 heavy (non-hydrogen) atoms. The van der Waals surface area contributed by atoms with Crippen molar-refractivity contribution >= 4 is 28.8 Å². The minimum Gasteiger partial charge on any atom is -0.382 e. The molecule has 0 radical (unpaired) electrons. The van der Waals surface area contributed by atoms with E-state index in [0.29, 0.717) is 17.7 Å². The van der Waals surface area contributed by atoms with Crippen molar-refractivity contribution in [3.63, 3.8) is 0 Å². The molecule has 4 rings (SSSR count). The van der Waals surface area contributed by atoms with Crippen molar-refractivity contribution in [2.45, 2.75) is 51.1 Å². The molecule has 12 heteroatoms. The minimum absolute atomic E-state index is 0.168. The first-order chi connectivity index (χ1) is 13.8. The molecule has 4 atom stereocenters. The number of hydrogen-bond donors (Lipinski definition) is 3. The Hall–Kier alpha value is -2.83. The van der Waals surface area contributed by atoms with Crippen molar-refractivity contribution < 1.29 is 23.8 Å². The van der Waals surface area contributed by atoms with Crippen LogP contribution in [0.25, 0.3) is 11.2 Å². The molecule has 156 valence electrons. The van der Waals surface area contributed by atoms with Crippen LogP contribution in [-0.2, 0) is 23.8 Å². The molecule has 4 N–H and O–H groups in total. The second kappa shape index (κ2) is 7.21. The van der Waals surface area contributed by atoms with Gasteiger partial charge < -0.3 is 30.6 Å². The summed E-state index contributed by atoms with van der Waals surface area (Å²) in [6.45, 7) is 5.55. The molecular formula is C17H23N7O5. The number of carbonyl (C=O) groups excluding carboxylic acids is 2. The van der Waals surface area contributed by atoms with Gasteiger partial charge in [0.05, 0.1) is 6.33 Å². The average Bonchev–Trinajstić information content (AvgIpc) is 3.29. The summed E-state index contributed by atoms with van der Waals surface area (Å²) in [5.74, 6) is -1.15. The Balaban J connectivity index is 1.57. The number of imidazole rings is 1. The lowest BCUT2D eigenvalue weighted by molar-refractivity contribution is -0.197. The van der Waals surface area contributed by atoms with Crippen LogP contribution in [-0.4, -0.2) is 68.5 Å². The third-order valence-corrected chi connectivity index (χ3v) is 4.75. The lowest BCUT2D eigenvalue weighted by Crippen LogP contribution is -2.45. The maximum atomic E-state index is 12.7. The fourth-order valence-electron chi connectivity index (χ4n) is 3.59.